The molecule has 2 aliphatic rings. The Morgan fingerprint density at radius 2 is 1.68 bits per heavy atom. The second-order valence-electron chi connectivity index (χ2n) is 9.14. The molecule has 2 atom stereocenters. The molecule has 0 saturated carbocycles. The maximum atomic E-state index is 12.7. The highest BCUT2D eigenvalue weighted by Crippen LogP contribution is 2.46. The van der Waals surface area contributed by atoms with Gasteiger partial charge in [0.25, 0.3) is 0 Å². The normalized spacial score (nSPS) is 27.1. The third-order valence-corrected chi connectivity index (χ3v) is 5.96. The molecular weight excluding hydrogens is 354 g/mol. The Morgan fingerprint density at radius 3 is 2.29 bits per heavy atom. The van der Waals surface area contributed by atoms with Crippen LogP contribution in [0, 0.1) is 0 Å². The highest BCUT2D eigenvalue weighted by molar-refractivity contribution is 5.84. The minimum absolute atomic E-state index is 0.0187. The first-order valence-corrected chi connectivity index (χ1v) is 10.0. The van der Waals surface area contributed by atoms with E-state index in [-0.39, 0.29) is 18.2 Å². The van der Waals surface area contributed by atoms with Gasteiger partial charge in [0.15, 0.2) is 0 Å². The van der Waals surface area contributed by atoms with Gasteiger partial charge in [-0.1, -0.05) is 18.2 Å². The Labute approximate surface area is 166 Å². The fraction of sp³-hybridized carbons (Fsp3) is 0.522. The molecule has 0 aliphatic carbocycles. The second-order valence-corrected chi connectivity index (χ2v) is 9.14. The van der Waals surface area contributed by atoms with Crippen LogP contribution < -0.4 is 4.74 Å². The summed E-state index contributed by atoms with van der Waals surface area (Å²) in [6.07, 6.45) is 2.66. The molecule has 150 valence electrons. The predicted molar refractivity (Wildman–Crippen MR) is 109 cm³/mol. The summed E-state index contributed by atoms with van der Waals surface area (Å²) in [6.45, 7) is 5.66. The van der Waals surface area contributed by atoms with Crippen molar-refractivity contribution in [1.29, 1.82) is 0 Å². The van der Waals surface area contributed by atoms with Gasteiger partial charge in [0.1, 0.15) is 11.4 Å². The highest BCUT2D eigenvalue weighted by atomic mass is 16.6. The van der Waals surface area contributed by atoms with E-state index in [1.54, 1.807) is 7.11 Å². The number of aliphatic hydroxyl groups is 1. The van der Waals surface area contributed by atoms with Gasteiger partial charge in [0.05, 0.1) is 12.7 Å². The van der Waals surface area contributed by atoms with Gasteiger partial charge in [-0.05, 0) is 68.1 Å². The van der Waals surface area contributed by atoms with Gasteiger partial charge in [-0.25, -0.2) is 4.79 Å². The molecule has 5 heteroatoms. The number of hydrogen-bond donors (Lipinski definition) is 1. The van der Waals surface area contributed by atoms with E-state index in [2.05, 4.69) is 6.07 Å². The largest absolute Gasteiger partial charge is 0.497 e. The second kappa shape index (κ2) is 6.66. The summed E-state index contributed by atoms with van der Waals surface area (Å²) in [5.74, 6) is 0.822. The fourth-order valence-electron chi connectivity index (χ4n) is 4.71. The van der Waals surface area contributed by atoms with Crippen LogP contribution in [0.5, 0.6) is 5.75 Å². The number of hydrogen-bond acceptors (Lipinski definition) is 4. The average Bonchev–Trinajstić information content (AvgIpc) is 2.92. The number of ether oxygens (including phenoxy) is 2. The number of piperidine rings is 1. The van der Waals surface area contributed by atoms with Gasteiger partial charge in [-0.2, -0.15) is 0 Å². The number of methoxy groups -OCH3 is 1. The zero-order valence-electron chi connectivity index (χ0n) is 17.1. The zero-order valence-corrected chi connectivity index (χ0v) is 17.1. The number of benzene rings is 2. The van der Waals surface area contributed by atoms with Crippen molar-refractivity contribution in [2.24, 2.45) is 0 Å². The molecule has 2 saturated heterocycles. The van der Waals surface area contributed by atoms with E-state index in [4.69, 9.17) is 9.47 Å². The first-order chi connectivity index (χ1) is 13.2. The van der Waals surface area contributed by atoms with E-state index in [1.165, 1.54) is 0 Å². The number of rotatable bonds is 2. The molecule has 2 heterocycles. The van der Waals surface area contributed by atoms with Crippen molar-refractivity contribution in [3.63, 3.8) is 0 Å². The Bertz CT molecular complexity index is 887. The molecule has 1 N–H and O–H groups in total. The van der Waals surface area contributed by atoms with E-state index in [0.29, 0.717) is 12.8 Å². The fourth-order valence-corrected chi connectivity index (χ4v) is 4.71. The standard InChI is InChI=1S/C23H29NO4/c1-22(2,3)28-21(25)24-18-8-9-19(24)14-23(26,13-18)17-7-5-16-12-20(27-4)10-6-15(16)11-17/h5-7,10-12,18-19,26H,8-9,13-14H2,1-4H3. The monoisotopic (exact) mass is 383 g/mol. The molecule has 0 radical (unpaired) electrons. The molecule has 28 heavy (non-hydrogen) atoms. The molecule has 2 unspecified atom stereocenters. The lowest BCUT2D eigenvalue weighted by molar-refractivity contribution is -0.0623. The molecule has 0 aromatic heterocycles. The van der Waals surface area contributed by atoms with Crippen LogP contribution in [0.15, 0.2) is 36.4 Å². The minimum atomic E-state index is -0.918. The molecule has 2 fully saturated rings. The average molecular weight is 383 g/mol. The van der Waals surface area contributed by atoms with Crippen LogP contribution in [-0.4, -0.2) is 40.9 Å². The van der Waals surface area contributed by atoms with E-state index < -0.39 is 11.2 Å². The van der Waals surface area contributed by atoms with Crippen molar-refractivity contribution in [1.82, 2.24) is 4.90 Å². The van der Waals surface area contributed by atoms with Crippen molar-refractivity contribution in [2.45, 2.75) is 69.7 Å². The lowest BCUT2D eigenvalue weighted by Gasteiger charge is -2.44. The van der Waals surface area contributed by atoms with Gasteiger partial charge in [-0.15, -0.1) is 0 Å². The number of fused-ring (bicyclic) bond motifs is 3. The number of nitrogens with zero attached hydrogens (tertiary/aromatic N) is 1. The maximum Gasteiger partial charge on any atom is 0.410 e. The quantitative estimate of drug-likeness (QED) is 0.823. The Hall–Kier alpha value is -2.27. The maximum absolute atomic E-state index is 12.7. The van der Waals surface area contributed by atoms with E-state index in [9.17, 15) is 9.90 Å². The predicted octanol–water partition coefficient (Wildman–Crippen LogP) is 4.60. The molecule has 2 aromatic rings. The number of carbonyl (C=O) groups is 1. The van der Waals surface area contributed by atoms with E-state index >= 15 is 0 Å². The molecule has 1 amide bonds. The van der Waals surface area contributed by atoms with Crippen molar-refractivity contribution in [3.05, 3.63) is 42.0 Å². The van der Waals surface area contributed by atoms with Crippen LogP contribution in [0.2, 0.25) is 0 Å². The summed E-state index contributed by atoms with van der Waals surface area (Å²) in [5.41, 5.74) is -0.506. The molecule has 4 rings (SSSR count). The molecule has 0 spiro atoms. The van der Waals surface area contributed by atoms with Gasteiger partial charge >= 0.3 is 6.09 Å². The smallest absolute Gasteiger partial charge is 0.410 e. The van der Waals surface area contributed by atoms with Crippen LogP contribution in [0.4, 0.5) is 4.79 Å². The first kappa shape index (κ1) is 19.1. The van der Waals surface area contributed by atoms with Crippen LogP contribution in [0.1, 0.15) is 52.0 Å². The summed E-state index contributed by atoms with van der Waals surface area (Å²) >= 11 is 0. The third-order valence-electron chi connectivity index (χ3n) is 5.96. The molecule has 2 aliphatic heterocycles. The molecule has 5 nitrogen and oxygen atoms in total. The zero-order chi connectivity index (χ0) is 20.1. The van der Waals surface area contributed by atoms with Crippen LogP contribution in [0.25, 0.3) is 10.8 Å². The van der Waals surface area contributed by atoms with Crippen LogP contribution in [0.3, 0.4) is 0 Å². The summed E-state index contributed by atoms with van der Waals surface area (Å²) in [4.78, 5) is 14.5. The Morgan fingerprint density at radius 1 is 1.07 bits per heavy atom. The van der Waals surface area contributed by atoms with Crippen molar-refractivity contribution < 1.29 is 19.4 Å². The summed E-state index contributed by atoms with van der Waals surface area (Å²) < 4.78 is 10.9. The van der Waals surface area contributed by atoms with Crippen LogP contribution in [-0.2, 0) is 10.3 Å². The highest BCUT2D eigenvalue weighted by Gasteiger charge is 2.51. The van der Waals surface area contributed by atoms with Crippen LogP contribution >= 0.6 is 0 Å². The van der Waals surface area contributed by atoms with Gasteiger partial charge in [-0.3, -0.25) is 0 Å². The summed E-state index contributed by atoms with van der Waals surface area (Å²) in [6, 6.07) is 12.1. The van der Waals surface area contributed by atoms with Gasteiger partial charge in [0.2, 0.25) is 0 Å². The number of carbonyl (C=O) groups excluding carboxylic acids is 1. The minimum Gasteiger partial charge on any atom is -0.497 e. The Kier molecular flexibility index (Phi) is 4.53. The first-order valence-electron chi connectivity index (χ1n) is 10.0. The molecule has 2 aromatic carbocycles. The van der Waals surface area contributed by atoms with Crippen molar-refractivity contribution >= 4 is 16.9 Å². The lowest BCUT2D eigenvalue weighted by Crippen LogP contribution is -2.53. The lowest BCUT2D eigenvalue weighted by atomic mass is 9.80. The SMILES string of the molecule is COc1ccc2cc(C3(O)CC4CCC(C3)N4C(=O)OC(C)(C)C)ccc2c1. The third kappa shape index (κ3) is 3.44. The summed E-state index contributed by atoms with van der Waals surface area (Å²) in [7, 11) is 1.66. The Balaban J connectivity index is 1.59. The van der Waals surface area contributed by atoms with E-state index in [0.717, 1.165) is 34.9 Å². The topological polar surface area (TPSA) is 59.0 Å². The van der Waals surface area contributed by atoms with E-state index in [1.807, 2.05) is 56.0 Å². The van der Waals surface area contributed by atoms with Gasteiger partial charge in [0, 0.05) is 24.9 Å². The van der Waals surface area contributed by atoms with Crippen molar-refractivity contribution in [3.8, 4) is 5.75 Å². The number of amides is 1. The van der Waals surface area contributed by atoms with Gasteiger partial charge < -0.3 is 19.5 Å². The van der Waals surface area contributed by atoms with Crippen molar-refractivity contribution in [2.75, 3.05) is 7.11 Å². The molecule has 2 bridgehead atoms. The summed E-state index contributed by atoms with van der Waals surface area (Å²) in [5, 5.41) is 13.7. The molecular formula is C23H29NO4.